The number of aryl methyl sites for hydroxylation is 1. The highest BCUT2D eigenvalue weighted by molar-refractivity contribution is 5.68. The molecule has 0 radical (unpaired) electrons. The maximum Gasteiger partial charge on any atom is 0.147 e. The van der Waals surface area contributed by atoms with E-state index in [1.807, 2.05) is 24.5 Å². The second kappa shape index (κ2) is 7.19. The second-order valence-electron chi connectivity index (χ2n) is 5.64. The molecular formula is C17H22N6. The lowest BCUT2D eigenvalue weighted by Crippen LogP contribution is -2.43. The number of nitrogens with zero attached hydrogens (tertiary/aromatic N) is 4. The first-order chi connectivity index (χ1) is 11.3. The number of rotatable bonds is 5. The van der Waals surface area contributed by atoms with Crippen LogP contribution in [-0.2, 0) is 6.54 Å². The van der Waals surface area contributed by atoms with Gasteiger partial charge in [-0.05, 0) is 31.3 Å². The van der Waals surface area contributed by atoms with Gasteiger partial charge in [0.15, 0.2) is 0 Å². The SMILES string of the molecule is C=Nc1ccc(C)cc1NCc1cnc(N2CCNCC2)cn1. The van der Waals surface area contributed by atoms with Crippen molar-refractivity contribution in [1.29, 1.82) is 0 Å². The zero-order chi connectivity index (χ0) is 16.1. The van der Waals surface area contributed by atoms with E-state index in [1.54, 1.807) is 0 Å². The van der Waals surface area contributed by atoms with E-state index in [9.17, 15) is 0 Å². The zero-order valence-electron chi connectivity index (χ0n) is 13.4. The van der Waals surface area contributed by atoms with Crippen LogP contribution >= 0.6 is 0 Å². The van der Waals surface area contributed by atoms with E-state index in [-0.39, 0.29) is 0 Å². The van der Waals surface area contributed by atoms with E-state index in [1.165, 1.54) is 5.56 Å². The van der Waals surface area contributed by atoms with E-state index in [0.717, 1.165) is 49.1 Å². The molecule has 1 aromatic heterocycles. The summed E-state index contributed by atoms with van der Waals surface area (Å²) in [5, 5.41) is 6.70. The van der Waals surface area contributed by atoms with Crippen molar-refractivity contribution in [2.24, 2.45) is 4.99 Å². The highest BCUT2D eigenvalue weighted by Gasteiger charge is 2.11. The van der Waals surface area contributed by atoms with E-state index in [0.29, 0.717) is 6.54 Å². The van der Waals surface area contributed by atoms with Gasteiger partial charge in [-0.25, -0.2) is 4.98 Å². The number of nitrogens with one attached hydrogen (secondary N) is 2. The molecule has 3 rings (SSSR count). The number of aliphatic imine (C=N–C) groups is 1. The van der Waals surface area contributed by atoms with E-state index >= 15 is 0 Å². The van der Waals surface area contributed by atoms with Gasteiger partial charge in [-0.3, -0.25) is 9.98 Å². The molecule has 1 aromatic carbocycles. The van der Waals surface area contributed by atoms with Crippen molar-refractivity contribution in [2.45, 2.75) is 13.5 Å². The van der Waals surface area contributed by atoms with Gasteiger partial charge in [-0.1, -0.05) is 6.07 Å². The summed E-state index contributed by atoms with van der Waals surface area (Å²) in [6.45, 7) is 10.2. The van der Waals surface area contributed by atoms with Crippen LogP contribution in [0.3, 0.4) is 0 Å². The molecule has 2 heterocycles. The van der Waals surface area contributed by atoms with E-state index in [2.05, 4.69) is 50.2 Å². The standard InChI is InChI=1S/C17H22N6/c1-13-3-4-15(18-2)16(9-13)21-10-14-11-22-17(12-20-14)23-7-5-19-6-8-23/h3-4,9,11-12,19,21H,2,5-8,10H2,1H3. The Morgan fingerprint density at radius 2 is 2.09 bits per heavy atom. The molecule has 0 spiro atoms. The Labute approximate surface area is 136 Å². The zero-order valence-corrected chi connectivity index (χ0v) is 13.4. The molecule has 0 atom stereocenters. The maximum absolute atomic E-state index is 4.53. The lowest BCUT2D eigenvalue weighted by atomic mass is 10.2. The van der Waals surface area contributed by atoms with Crippen molar-refractivity contribution >= 4 is 23.9 Å². The Kier molecular flexibility index (Phi) is 4.83. The lowest BCUT2D eigenvalue weighted by molar-refractivity contribution is 0.584. The summed E-state index contributed by atoms with van der Waals surface area (Å²) in [7, 11) is 0. The number of aromatic nitrogens is 2. The van der Waals surface area contributed by atoms with Gasteiger partial charge in [0, 0.05) is 26.2 Å². The summed E-state index contributed by atoms with van der Waals surface area (Å²) in [5.74, 6) is 0.944. The second-order valence-corrected chi connectivity index (χ2v) is 5.64. The molecule has 1 saturated heterocycles. The summed E-state index contributed by atoms with van der Waals surface area (Å²) in [5.41, 5.74) is 3.90. The summed E-state index contributed by atoms with van der Waals surface area (Å²) >= 11 is 0. The smallest absolute Gasteiger partial charge is 0.147 e. The van der Waals surface area contributed by atoms with Gasteiger partial charge in [0.2, 0.25) is 0 Å². The molecule has 1 aliphatic heterocycles. The molecule has 23 heavy (non-hydrogen) atoms. The Bertz CT molecular complexity index is 661. The topological polar surface area (TPSA) is 65.4 Å². The number of piperazine rings is 1. The Morgan fingerprint density at radius 3 is 2.78 bits per heavy atom. The quantitative estimate of drug-likeness (QED) is 0.828. The van der Waals surface area contributed by atoms with Crippen LogP contribution in [0.25, 0.3) is 0 Å². The van der Waals surface area contributed by atoms with Crippen LogP contribution in [0, 0.1) is 6.92 Å². The Balaban J connectivity index is 1.64. The molecule has 0 saturated carbocycles. The molecule has 0 aliphatic carbocycles. The molecule has 6 nitrogen and oxygen atoms in total. The van der Waals surface area contributed by atoms with E-state index in [4.69, 9.17) is 0 Å². The van der Waals surface area contributed by atoms with Gasteiger partial charge >= 0.3 is 0 Å². The highest BCUT2D eigenvalue weighted by atomic mass is 15.2. The summed E-state index contributed by atoms with van der Waals surface area (Å²) in [4.78, 5) is 15.3. The Hall–Kier alpha value is -2.47. The molecule has 6 heteroatoms. The fourth-order valence-corrected chi connectivity index (χ4v) is 2.61. The third-order valence-corrected chi connectivity index (χ3v) is 3.92. The van der Waals surface area contributed by atoms with Gasteiger partial charge in [-0.15, -0.1) is 0 Å². The number of anilines is 2. The van der Waals surface area contributed by atoms with Crippen LogP contribution in [0.15, 0.2) is 35.6 Å². The van der Waals surface area contributed by atoms with Crippen LogP contribution in [0.2, 0.25) is 0 Å². The van der Waals surface area contributed by atoms with Crippen molar-refractivity contribution in [3.63, 3.8) is 0 Å². The molecule has 120 valence electrons. The predicted molar refractivity (Wildman–Crippen MR) is 94.8 cm³/mol. The minimum atomic E-state index is 0.612. The lowest BCUT2D eigenvalue weighted by Gasteiger charge is -2.28. The molecule has 0 amide bonds. The number of hydrogen-bond acceptors (Lipinski definition) is 6. The van der Waals surface area contributed by atoms with Crippen molar-refractivity contribution in [3.05, 3.63) is 41.9 Å². The average Bonchev–Trinajstić information content (AvgIpc) is 2.61. The van der Waals surface area contributed by atoms with Crippen LogP contribution in [0.4, 0.5) is 17.2 Å². The van der Waals surface area contributed by atoms with Crippen molar-refractivity contribution < 1.29 is 0 Å². The van der Waals surface area contributed by atoms with Crippen molar-refractivity contribution in [1.82, 2.24) is 15.3 Å². The normalized spacial score (nSPS) is 14.6. The average molecular weight is 310 g/mol. The highest BCUT2D eigenvalue weighted by Crippen LogP contribution is 2.25. The van der Waals surface area contributed by atoms with Crippen LogP contribution in [0.1, 0.15) is 11.3 Å². The Morgan fingerprint density at radius 1 is 1.26 bits per heavy atom. The van der Waals surface area contributed by atoms with Crippen LogP contribution in [0.5, 0.6) is 0 Å². The molecule has 1 aliphatic rings. The fraction of sp³-hybridized carbons (Fsp3) is 0.353. The van der Waals surface area contributed by atoms with Crippen molar-refractivity contribution in [2.75, 3.05) is 36.4 Å². The van der Waals surface area contributed by atoms with Crippen molar-refractivity contribution in [3.8, 4) is 0 Å². The molecule has 1 fully saturated rings. The number of benzene rings is 1. The largest absolute Gasteiger partial charge is 0.378 e. The van der Waals surface area contributed by atoms with E-state index < -0.39 is 0 Å². The first kappa shape index (κ1) is 15.4. The van der Waals surface area contributed by atoms with Gasteiger partial charge in [0.1, 0.15) is 5.82 Å². The van der Waals surface area contributed by atoms with Gasteiger partial charge in [0.05, 0.1) is 36.0 Å². The van der Waals surface area contributed by atoms with Crippen LogP contribution in [-0.4, -0.2) is 42.9 Å². The monoisotopic (exact) mass is 310 g/mol. The number of hydrogen-bond donors (Lipinski definition) is 2. The molecule has 2 N–H and O–H groups in total. The van der Waals surface area contributed by atoms with Gasteiger partial charge in [0.25, 0.3) is 0 Å². The first-order valence-electron chi connectivity index (χ1n) is 7.84. The minimum Gasteiger partial charge on any atom is -0.378 e. The summed E-state index contributed by atoms with van der Waals surface area (Å²) in [6, 6.07) is 6.05. The molecule has 0 bridgehead atoms. The third-order valence-electron chi connectivity index (χ3n) is 3.92. The van der Waals surface area contributed by atoms with Gasteiger partial charge < -0.3 is 15.5 Å². The molecule has 2 aromatic rings. The van der Waals surface area contributed by atoms with Gasteiger partial charge in [-0.2, -0.15) is 0 Å². The molecular weight excluding hydrogens is 288 g/mol. The van der Waals surface area contributed by atoms with Crippen LogP contribution < -0.4 is 15.5 Å². The summed E-state index contributed by atoms with van der Waals surface area (Å²) < 4.78 is 0. The maximum atomic E-state index is 4.53. The first-order valence-corrected chi connectivity index (χ1v) is 7.84. The summed E-state index contributed by atoms with van der Waals surface area (Å²) in [6.07, 6.45) is 3.69. The fourth-order valence-electron chi connectivity index (χ4n) is 2.61. The molecule has 0 unspecified atom stereocenters. The third kappa shape index (κ3) is 3.84. The minimum absolute atomic E-state index is 0.612. The predicted octanol–water partition coefficient (Wildman–Crippen LogP) is 2.14.